The topological polar surface area (TPSA) is 26.0 Å². The van der Waals surface area contributed by atoms with Crippen LogP contribution in [0.1, 0.15) is 30.7 Å². The molecule has 4 aromatic rings. The van der Waals surface area contributed by atoms with Crippen molar-refractivity contribution in [1.82, 2.24) is 4.98 Å². The summed E-state index contributed by atoms with van der Waals surface area (Å²) in [6.45, 7) is -1.01. The average molecular weight is 291 g/mol. The maximum Gasteiger partial charge on any atom is 0.146 e. The van der Waals surface area contributed by atoms with E-state index in [-0.39, 0.29) is 0 Å². The molecular weight excluding hydrogens is 270 g/mol. The minimum absolute atomic E-state index is 0.433. The Labute approximate surface area is 135 Å². The first-order valence-electron chi connectivity index (χ1n) is 9.15. The summed E-state index contributed by atoms with van der Waals surface area (Å²) in [5.41, 5.74) is 3.48. The molecule has 0 aliphatic carbocycles. The molecule has 0 saturated heterocycles. The van der Waals surface area contributed by atoms with Crippen molar-refractivity contribution in [1.29, 1.82) is 0 Å². The van der Waals surface area contributed by atoms with E-state index in [2.05, 4.69) is 4.98 Å². The van der Waals surface area contributed by atoms with Gasteiger partial charge in [0, 0.05) is 34.2 Å². The number of aromatic nitrogens is 1. The summed E-state index contributed by atoms with van der Waals surface area (Å²) in [4.78, 5) is 4.33. The van der Waals surface area contributed by atoms with Crippen LogP contribution in [0.25, 0.3) is 33.1 Å². The minimum atomic E-state index is -2.42. The van der Waals surface area contributed by atoms with Gasteiger partial charge in [0.2, 0.25) is 0 Å². The Morgan fingerprint density at radius 1 is 1.09 bits per heavy atom. The normalized spacial score (nSPS) is 17.5. The second kappa shape index (κ2) is 4.99. The molecule has 2 heteroatoms. The first kappa shape index (κ1) is 9.42. The lowest BCUT2D eigenvalue weighted by Crippen LogP contribution is -1.88. The highest BCUT2D eigenvalue weighted by Crippen LogP contribution is 2.35. The summed E-state index contributed by atoms with van der Waals surface area (Å²) in [7, 11) is 0. The van der Waals surface area contributed by atoms with Gasteiger partial charge in [-0.15, -0.1) is 0 Å². The molecule has 0 aliphatic rings. The van der Waals surface area contributed by atoms with Crippen LogP contribution >= 0.6 is 0 Å². The van der Waals surface area contributed by atoms with Crippen LogP contribution in [0.2, 0.25) is 0 Å². The number of para-hydroxylation sites is 1. The number of pyridine rings is 1. The van der Waals surface area contributed by atoms with Crippen molar-refractivity contribution in [2.45, 2.75) is 19.7 Å². The second-order valence-corrected chi connectivity index (χ2v) is 5.37. The van der Waals surface area contributed by atoms with Crippen LogP contribution in [0.3, 0.4) is 0 Å². The molecule has 22 heavy (non-hydrogen) atoms. The van der Waals surface area contributed by atoms with Crippen molar-refractivity contribution < 1.29 is 9.90 Å². The van der Waals surface area contributed by atoms with E-state index >= 15 is 0 Å². The summed E-state index contributed by atoms with van der Waals surface area (Å²) < 4.78 is 37.4. The molecule has 0 spiro atoms. The summed E-state index contributed by atoms with van der Waals surface area (Å²) in [6, 6.07) is 14.8. The van der Waals surface area contributed by atoms with Crippen molar-refractivity contribution in [3.8, 4) is 11.1 Å². The second-order valence-electron chi connectivity index (χ2n) is 5.37. The predicted molar refractivity (Wildman–Crippen MR) is 91.0 cm³/mol. The highest BCUT2D eigenvalue weighted by molar-refractivity contribution is 6.08. The van der Waals surface area contributed by atoms with Crippen LogP contribution in [0, 0.1) is 0 Å². The van der Waals surface area contributed by atoms with Gasteiger partial charge in [0.05, 0.1) is 0 Å². The Balaban J connectivity index is 1.93. The third-order valence-corrected chi connectivity index (χ3v) is 3.89. The van der Waals surface area contributed by atoms with Gasteiger partial charge in [-0.05, 0) is 23.1 Å². The number of benzene rings is 2. The third-order valence-electron chi connectivity index (χ3n) is 3.89. The van der Waals surface area contributed by atoms with Crippen LogP contribution in [-0.4, -0.2) is 4.98 Å². The molecule has 2 aromatic heterocycles. The van der Waals surface area contributed by atoms with Crippen molar-refractivity contribution in [3.05, 3.63) is 66.5 Å². The van der Waals surface area contributed by atoms with E-state index in [1.165, 1.54) is 6.92 Å². The van der Waals surface area contributed by atoms with Crippen molar-refractivity contribution in [3.63, 3.8) is 0 Å². The van der Waals surface area contributed by atoms with Gasteiger partial charge in [0.25, 0.3) is 0 Å². The Bertz CT molecular complexity index is 1110. The molecule has 0 aliphatic heterocycles. The van der Waals surface area contributed by atoms with Crippen LogP contribution in [-0.2, 0) is 0 Å². The van der Waals surface area contributed by atoms with Crippen LogP contribution < -0.4 is 0 Å². The van der Waals surface area contributed by atoms with Gasteiger partial charge in [-0.1, -0.05) is 56.2 Å². The van der Waals surface area contributed by atoms with Gasteiger partial charge in [0.15, 0.2) is 0 Å². The Hall–Kier alpha value is -2.61. The average Bonchev–Trinajstić information content (AvgIpc) is 2.99. The third kappa shape index (κ3) is 2.00. The molecule has 0 radical (unpaired) electrons. The molecule has 0 saturated carbocycles. The van der Waals surface area contributed by atoms with E-state index in [9.17, 15) is 0 Å². The quantitative estimate of drug-likeness (QED) is 0.468. The van der Waals surface area contributed by atoms with Gasteiger partial charge in [0.1, 0.15) is 11.2 Å². The molecule has 2 heterocycles. The smallest absolute Gasteiger partial charge is 0.146 e. The Morgan fingerprint density at radius 2 is 2.00 bits per heavy atom. The van der Waals surface area contributed by atoms with Crippen molar-refractivity contribution in [2.75, 3.05) is 0 Å². The number of nitrogens with zero attached hydrogens (tertiary/aromatic N) is 1. The maximum atomic E-state index is 8.33. The molecule has 2 aromatic carbocycles. The summed E-state index contributed by atoms with van der Waals surface area (Å²) in [6.07, 6.45) is 3.48. The molecule has 2 nitrogen and oxygen atoms in total. The molecule has 0 bridgehead atoms. The zero-order valence-electron chi connectivity index (χ0n) is 16.1. The van der Waals surface area contributed by atoms with Gasteiger partial charge in [-0.2, -0.15) is 0 Å². The number of hydrogen-bond donors (Lipinski definition) is 0. The van der Waals surface area contributed by atoms with Crippen molar-refractivity contribution in [2.24, 2.45) is 0 Å². The lowest BCUT2D eigenvalue weighted by molar-refractivity contribution is 0.669. The monoisotopic (exact) mass is 291 g/mol. The number of fused-ring (bicyclic) bond motifs is 3. The molecule has 1 unspecified atom stereocenters. The summed E-state index contributed by atoms with van der Waals surface area (Å²) >= 11 is 0. The molecule has 4 rings (SSSR count). The number of furan rings is 1. The van der Waals surface area contributed by atoms with E-state index in [1.54, 1.807) is 30.6 Å². The minimum Gasteiger partial charge on any atom is -0.455 e. The maximum absolute atomic E-state index is 8.33. The zero-order chi connectivity index (χ0) is 18.5. The standard InChI is InChI=1S/C20H17NO/c1-13(2)14-6-5-7-15(10-14)17-11-21-12-18-16-8-3-4-9-19(16)22-20(17)18/h3-13H,1-2H3/i1D3,13D. The molecule has 108 valence electrons. The molecule has 1 atom stereocenters. The van der Waals surface area contributed by atoms with E-state index < -0.39 is 12.7 Å². The predicted octanol–water partition coefficient (Wildman–Crippen LogP) is 5.77. The van der Waals surface area contributed by atoms with Gasteiger partial charge >= 0.3 is 0 Å². The van der Waals surface area contributed by atoms with E-state index in [4.69, 9.17) is 9.90 Å². The Kier molecular flexibility index (Phi) is 2.13. The molecule has 0 amide bonds. The lowest BCUT2D eigenvalue weighted by atomic mass is 9.97. The molecule has 0 N–H and O–H groups in total. The lowest BCUT2D eigenvalue weighted by Gasteiger charge is -2.08. The van der Waals surface area contributed by atoms with Crippen molar-refractivity contribution >= 4 is 21.9 Å². The fourth-order valence-electron chi connectivity index (χ4n) is 2.76. The van der Waals surface area contributed by atoms with Crippen LogP contribution in [0.5, 0.6) is 0 Å². The van der Waals surface area contributed by atoms with Gasteiger partial charge in [-0.25, -0.2) is 0 Å². The highest BCUT2D eigenvalue weighted by Gasteiger charge is 2.13. The summed E-state index contributed by atoms with van der Waals surface area (Å²) in [5, 5.41) is 1.90. The zero-order valence-corrected chi connectivity index (χ0v) is 12.1. The van der Waals surface area contributed by atoms with E-state index in [1.807, 2.05) is 30.3 Å². The van der Waals surface area contributed by atoms with Gasteiger partial charge in [-0.3, -0.25) is 4.98 Å². The molecule has 0 fully saturated rings. The fourth-order valence-corrected chi connectivity index (χ4v) is 2.76. The summed E-state index contributed by atoms with van der Waals surface area (Å²) in [5.74, 6) is -1.70. The Morgan fingerprint density at radius 3 is 2.91 bits per heavy atom. The van der Waals surface area contributed by atoms with Gasteiger partial charge < -0.3 is 4.42 Å². The fraction of sp³-hybridized carbons (Fsp3) is 0.150. The highest BCUT2D eigenvalue weighted by atomic mass is 16.3. The largest absolute Gasteiger partial charge is 0.455 e. The molecular formula is C20H17NO. The van der Waals surface area contributed by atoms with E-state index in [0.29, 0.717) is 11.1 Å². The SMILES string of the molecule is [2H]C([2H])([2H])C([2H])(C)c1cccc(-c2cncc3c2oc2ccccc23)c1. The van der Waals surface area contributed by atoms with Crippen LogP contribution in [0.4, 0.5) is 0 Å². The first-order chi connectivity index (χ1) is 12.3. The number of hydrogen-bond acceptors (Lipinski definition) is 2. The van der Waals surface area contributed by atoms with Crippen LogP contribution in [0.15, 0.2) is 65.3 Å². The first-order valence-corrected chi connectivity index (χ1v) is 7.15. The van der Waals surface area contributed by atoms with E-state index in [0.717, 1.165) is 27.5 Å². The number of rotatable bonds is 2.